The number of aryl methyl sites for hydroxylation is 4. The van der Waals surface area contributed by atoms with Crippen LogP contribution >= 0.6 is 40.9 Å². The fourth-order valence-corrected chi connectivity index (χ4v) is 28.7. The van der Waals surface area contributed by atoms with E-state index in [-0.39, 0.29) is 44.5 Å². The van der Waals surface area contributed by atoms with Crippen molar-refractivity contribution in [3.8, 4) is 23.0 Å². The molecule has 0 spiro atoms. The Morgan fingerprint density at radius 1 is 0.259 bits per heavy atom. The quantitative estimate of drug-likeness (QED) is 0.0358. The molecular weight excluding hydrogens is 1790 g/mol. The normalized spacial score (nSPS) is 14.6. The Morgan fingerprint density at radius 3 is 0.679 bits per heavy atom. The summed E-state index contributed by atoms with van der Waals surface area (Å²) >= 11 is -5.19. The third-order valence-corrected chi connectivity index (χ3v) is 35.4. The first kappa shape index (κ1) is 90.2. The van der Waals surface area contributed by atoms with E-state index in [1.54, 1.807) is 0 Å². The maximum atomic E-state index is 15.8. The molecule has 0 unspecified atom stereocenters. The van der Waals surface area contributed by atoms with Gasteiger partial charge in [-0.3, -0.25) is 0 Å². The summed E-state index contributed by atoms with van der Waals surface area (Å²) in [4.78, 5) is -3.06. The fourth-order valence-electron chi connectivity index (χ4n) is 10.2. The smallest absolute Gasteiger partial charge is 0.0608 e. The summed E-state index contributed by atoms with van der Waals surface area (Å²) in [6, 6.07) is 27.0. The zero-order valence-electron chi connectivity index (χ0n) is 57.3. The van der Waals surface area contributed by atoms with Gasteiger partial charge in [0.15, 0.2) is 0 Å². The van der Waals surface area contributed by atoms with Gasteiger partial charge >= 0.3 is 411 Å². The van der Waals surface area contributed by atoms with E-state index in [1.807, 2.05) is 0 Å². The summed E-state index contributed by atoms with van der Waals surface area (Å²) in [5, 5.41) is -22.3. The van der Waals surface area contributed by atoms with Crippen LogP contribution in [0, 0.1) is 62.5 Å². The van der Waals surface area contributed by atoms with Crippen LogP contribution in [0.25, 0.3) is 0 Å². The van der Waals surface area contributed by atoms with Gasteiger partial charge in [-0.15, -0.1) is 0 Å². The van der Waals surface area contributed by atoms with Crippen LogP contribution in [-0.4, -0.2) is 95.1 Å². The number of hydrogen-bond donors (Lipinski definition) is 0. The summed E-state index contributed by atoms with van der Waals surface area (Å²) < 4.78 is 498. The summed E-state index contributed by atoms with van der Waals surface area (Å²) in [5.74, 6) is -48.6. The van der Waals surface area contributed by atoms with Crippen LogP contribution in [0.3, 0.4) is 0 Å². The molecule has 0 fully saturated rings. The number of alkyl halides is 27. The van der Waals surface area contributed by atoms with Gasteiger partial charge in [0.1, 0.15) is 0 Å². The van der Waals surface area contributed by atoms with Gasteiger partial charge in [0.25, 0.3) is 0 Å². The van der Waals surface area contributed by atoms with Gasteiger partial charge in [0.05, 0.1) is 0 Å². The van der Waals surface area contributed by atoms with Crippen molar-refractivity contribution in [1.82, 2.24) is 0 Å². The molecule has 0 radical (unpaired) electrons. The van der Waals surface area contributed by atoms with E-state index in [1.165, 1.54) is 104 Å². The van der Waals surface area contributed by atoms with Crippen molar-refractivity contribution in [1.29, 1.82) is 0 Å². The molecule has 8 aromatic carbocycles. The minimum atomic E-state index is -7.86. The second kappa shape index (κ2) is 30.0. The molecule has 616 valence electrons. The van der Waals surface area contributed by atoms with E-state index < -0.39 is 201 Å². The van der Waals surface area contributed by atoms with Crippen molar-refractivity contribution in [2.45, 2.75) is 155 Å². The molecule has 0 N–H and O–H groups in total. The molecule has 0 bridgehead atoms. The molecule has 11 nitrogen and oxygen atoms in total. The molecule has 0 aromatic heterocycles. The van der Waals surface area contributed by atoms with Crippen LogP contribution in [0.2, 0.25) is 0 Å². The monoisotopic (exact) mass is 1840 g/mol. The molecule has 0 saturated carbocycles. The first-order chi connectivity index (χ1) is 50.8. The molecule has 0 heterocycles. The number of hydrogen-bond acceptors (Lipinski definition) is 11. The number of halogens is 28. The molecule has 44 heteroatoms. The van der Waals surface area contributed by atoms with E-state index in [2.05, 4.69) is 2.51 Å². The first-order valence-electron chi connectivity index (χ1n) is 30.6. The number of benzene rings is 8. The summed E-state index contributed by atoms with van der Waals surface area (Å²) in [5.41, 5.74) is 0.557. The molecule has 8 aromatic rings. The van der Waals surface area contributed by atoms with Crippen molar-refractivity contribution < 1.29 is 163 Å². The van der Waals surface area contributed by atoms with Crippen LogP contribution in [0.4, 0.5) is 119 Å². The SMILES string of the molecule is Cc1cccc(S(OS(=O)(=O)C(F)(F)C(F)(F)C(F)(F)C(F)(F)F)(c2ccc(Oc3ccc(I(OS(=O)(=O)C(F)(F)C(F)(F)C(F)(F)C(F)(F)F)c4ccc(Oc5ccc(S(OS(=O)(=O)C(F)(F)C(F)(F)C(F)(F)C(F)(F)F)(c6cccc(C)c6C)c6cccc(C)c6C)cc5)cc4)cc3)cc2)c2cccc(C)c2C)c1C. The van der Waals surface area contributed by atoms with Crippen molar-refractivity contribution in [2.24, 2.45) is 0 Å². The third-order valence-electron chi connectivity index (χ3n) is 17.1. The predicted octanol–water partition coefficient (Wildman–Crippen LogP) is 23.9. The van der Waals surface area contributed by atoms with Crippen LogP contribution in [0.5, 0.6) is 23.0 Å². The van der Waals surface area contributed by atoms with Gasteiger partial charge < -0.3 is 0 Å². The zero-order chi connectivity index (χ0) is 85.0. The zero-order valence-corrected chi connectivity index (χ0v) is 63.5. The van der Waals surface area contributed by atoms with Gasteiger partial charge in [-0.05, 0) is 77.6 Å². The Hall–Kier alpha value is -7.37. The van der Waals surface area contributed by atoms with Gasteiger partial charge in [0, 0.05) is 0 Å². The van der Waals surface area contributed by atoms with Crippen LogP contribution in [0.1, 0.15) is 44.5 Å². The minimum absolute atomic E-state index is 0.0538. The molecule has 8 rings (SSSR count). The van der Waals surface area contributed by atoms with Crippen LogP contribution < -0.4 is 9.47 Å². The van der Waals surface area contributed by atoms with Crippen molar-refractivity contribution >= 4 is 71.2 Å². The number of ether oxygens (including phenoxy) is 2. The summed E-state index contributed by atoms with van der Waals surface area (Å²) in [6.07, 6.45) is -22.6. The summed E-state index contributed by atoms with van der Waals surface area (Å²) in [6.45, 7) is 10.4. The maximum absolute atomic E-state index is 15.8. The van der Waals surface area contributed by atoms with Crippen molar-refractivity contribution in [2.75, 3.05) is 0 Å². The topological polar surface area (TPSA) is 149 Å². The Morgan fingerprint density at radius 2 is 0.464 bits per heavy atom. The molecule has 0 aliphatic carbocycles. The minimum Gasteiger partial charge on any atom is -0.0608 e. The molecule has 0 atom stereocenters. The van der Waals surface area contributed by atoms with E-state index in [0.29, 0.717) is 24.3 Å². The van der Waals surface area contributed by atoms with E-state index in [4.69, 9.17) is 16.7 Å². The number of rotatable bonds is 27. The van der Waals surface area contributed by atoms with E-state index in [9.17, 15) is 99.9 Å². The van der Waals surface area contributed by atoms with Gasteiger partial charge in [-0.1, -0.05) is 48.5 Å². The molecular formula is C68H52F27IO11S5. The standard InChI is InChI=1S/C68H52F27IO11S5/c1-37-13-9-17-53(41(37)5)108(54-18-10-14-38(2)42(54)6,106-111(99,100)67(92,93)61(77,78)58(71,72)64(84,85)86)51-33-29-49(30-34-51)103-47-25-21-45(22-26-47)96(105-110(97,98)66(90,91)60(75,76)57(69,70)63(81,82)83)46-23-27-48(28-24-46)104-50-31-35-52(36-32-50)109(55-19-11-15-39(3)43(55)7,56-20-12-16-40(4)44(56)8)107-112(101,102)68(94,95)62(79,80)59(73,74)65(87,88)89/h9-36H,1-8H3. The Balaban J connectivity index is 1.21. The Labute approximate surface area is 629 Å². The van der Waals surface area contributed by atoms with Gasteiger partial charge in [0.2, 0.25) is 0 Å². The molecule has 0 saturated heterocycles. The second-order valence-corrected chi connectivity index (χ2v) is 39.7. The fraction of sp³-hybridized carbons (Fsp3) is 0.294. The summed E-state index contributed by atoms with van der Waals surface area (Å²) in [7, 11) is -32.7. The van der Waals surface area contributed by atoms with E-state index in [0.717, 1.165) is 97.1 Å². The van der Waals surface area contributed by atoms with Gasteiger partial charge in [-0.25, -0.2) is 0 Å². The predicted molar refractivity (Wildman–Crippen MR) is 358 cm³/mol. The van der Waals surface area contributed by atoms with Crippen LogP contribution in [0.15, 0.2) is 199 Å². The molecule has 112 heavy (non-hydrogen) atoms. The van der Waals surface area contributed by atoms with Crippen molar-refractivity contribution in [3.05, 3.63) is 222 Å². The third kappa shape index (κ3) is 15.0. The van der Waals surface area contributed by atoms with Crippen LogP contribution in [-0.2, 0) is 40.1 Å². The average molecular weight is 1850 g/mol. The van der Waals surface area contributed by atoms with Crippen molar-refractivity contribution in [3.63, 3.8) is 0 Å². The average Bonchev–Trinajstić information content (AvgIpc) is 0.713. The Kier molecular flexibility index (Phi) is 24.2. The molecule has 0 amide bonds. The molecule has 0 aliphatic heterocycles. The van der Waals surface area contributed by atoms with Gasteiger partial charge in [-0.2, -0.15) is 95.9 Å². The first-order valence-corrected chi connectivity index (χ1v) is 41.0. The second-order valence-electron chi connectivity index (χ2n) is 24.3. The Bertz CT molecular complexity index is 4820. The molecule has 0 aliphatic rings. The van der Waals surface area contributed by atoms with E-state index >= 15 is 43.9 Å².